The minimum atomic E-state index is 0.124. The number of hydrogen-bond acceptors (Lipinski definition) is 1. The van der Waals surface area contributed by atoms with E-state index in [1.807, 2.05) is 0 Å². The number of rotatable bonds is 4. The zero-order chi connectivity index (χ0) is 14.0. The van der Waals surface area contributed by atoms with Crippen LogP contribution in [0.15, 0.2) is 36.7 Å². The van der Waals surface area contributed by atoms with Gasteiger partial charge in [0.05, 0.1) is 0 Å². The molecule has 1 unspecified atom stereocenters. The lowest BCUT2D eigenvalue weighted by Gasteiger charge is -2.14. The molecule has 2 heteroatoms. The monoisotopic (exact) mass is 256 g/mol. The van der Waals surface area contributed by atoms with Crippen molar-refractivity contribution in [3.05, 3.63) is 58.9 Å². The van der Waals surface area contributed by atoms with Crippen LogP contribution in [-0.2, 0) is 6.54 Å². The van der Waals surface area contributed by atoms with Crippen LogP contribution < -0.4 is 5.73 Å². The highest BCUT2D eigenvalue weighted by Crippen LogP contribution is 2.21. The fourth-order valence-electron chi connectivity index (χ4n) is 2.42. The Morgan fingerprint density at radius 3 is 2.32 bits per heavy atom. The van der Waals surface area contributed by atoms with Gasteiger partial charge in [0.15, 0.2) is 0 Å². The first-order chi connectivity index (χ1) is 8.99. The van der Waals surface area contributed by atoms with Crippen molar-refractivity contribution in [2.24, 2.45) is 11.7 Å². The molecule has 2 aromatic rings. The van der Waals surface area contributed by atoms with Gasteiger partial charge in [0.2, 0.25) is 0 Å². The number of benzene rings is 1. The fourth-order valence-corrected chi connectivity index (χ4v) is 2.42. The molecule has 0 saturated heterocycles. The molecule has 1 aromatic heterocycles. The average molecular weight is 256 g/mol. The molecule has 0 spiro atoms. The molecule has 0 saturated carbocycles. The third-order valence-electron chi connectivity index (χ3n) is 3.86. The van der Waals surface area contributed by atoms with Crippen molar-refractivity contribution in [3.63, 3.8) is 0 Å². The van der Waals surface area contributed by atoms with E-state index in [0.29, 0.717) is 5.92 Å². The molecule has 0 aliphatic rings. The fraction of sp³-hybridized carbons (Fsp3) is 0.412. The quantitative estimate of drug-likeness (QED) is 0.886. The van der Waals surface area contributed by atoms with Gasteiger partial charge in [-0.15, -0.1) is 0 Å². The van der Waals surface area contributed by atoms with Crippen molar-refractivity contribution in [1.29, 1.82) is 0 Å². The lowest BCUT2D eigenvalue weighted by molar-refractivity contribution is 0.513. The van der Waals surface area contributed by atoms with Gasteiger partial charge in [-0.1, -0.05) is 32.0 Å². The summed E-state index contributed by atoms with van der Waals surface area (Å²) in [6.45, 7) is 9.59. The Kier molecular flexibility index (Phi) is 4.11. The molecule has 19 heavy (non-hydrogen) atoms. The minimum Gasteiger partial charge on any atom is -0.350 e. The largest absolute Gasteiger partial charge is 0.350 e. The van der Waals surface area contributed by atoms with Crippen molar-refractivity contribution in [2.45, 2.75) is 40.3 Å². The summed E-state index contributed by atoms with van der Waals surface area (Å²) >= 11 is 0. The molecular weight excluding hydrogens is 232 g/mol. The highest BCUT2D eigenvalue weighted by atomic mass is 14.9. The van der Waals surface area contributed by atoms with Gasteiger partial charge in [-0.25, -0.2) is 0 Å². The number of hydrogen-bond donors (Lipinski definition) is 1. The molecule has 102 valence electrons. The topological polar surface area (TPSA) is 30.9 Å². The van der Waals surface area contributed by atoms with Gasteiger partial charge in [0.25, 0.3) is 0 Å². The van der Waals surface area contributed by atoms with Crippen LogP contribution >= 0.6 is 0 Å². The van der Waals surface area contributed by atoms with Crippen molar-refractivity contribution in [2.75, 3.05) is 0 Å². The zero-order valence-electron chi connectivity index (χ0n) is 12.4. The predicted molar refractivity (Wildman–Crippen MR) is 81.2 cm³/mol. The average Bonchev–Trinajstić information content (AvgIpc) is 2.81. The van der Waals surface area contributed by atoms with E-state index in [9.17, 15) is 0 Å². The lowest BCUT2D eigenvalue weighted by Crippen LogP contribution is -2.16. The number of aryl methyl sites for hydroxylation is 2. The first kappa shape index (κ1) is 13.9. The van der Waals surface area contributed by atoms with E-state index in [4.69, 9.17) is 5.73 Å². The molecular formula is C17H24N2. The first-order valence-electron chi connectivity index (χ1n) is 6.95. The summed E-state index contributed by atoms with van der Waals surface area (Å²) in [6.07, 6.45) is 4.31. The van der Waals surface area contributed by atoms with Crippen LogP contribution in [0, 0.1) is 19.8 Å². The summed E-state index contributed by atoms with van der Waals surface area (Å²) < 4.78 is 2.23. The van der Waals surface area contributed by atoms with Gasteiger partial charge >= 0.3 is 0 Å². The molecule has 0 amide bonds. The Balaban J connectivity index is 2.21. The van der Waals surface area contributed by atoms with Crippen LogP contribution in [0.1, 0.15) is 42.1 Å². The number of nitrogens with zero attached hydrogens (tertiary/aromatic N) is 1. The molecule has 0 aliphatic heterocycles. The van der Waals surface area contributed by atoms with Gasteiger partial charge in [0, 0.05) is 25.0 Å². The number of nitrogens with two attached hydrogens (primary N) is 1. The van der Waals surface area contributed by atoms with Crippen LogP contribution in [-0.4, -0.2) is 4.57 Å². The Labute approximate surface area is 116 Å². The Bertz CT molecular complexity index is 532. The molecule has 0 fully saturated rings. The van der Waals surface area contributed by atoms with E-state index in [1.54, 1.807) is 0 Å². The van der Waals surface area contributed by atoms with Crippen molar-refractivity contribution < 1.29 is 0 Å². The summed E-state index contributed by atoms with van der Waals surface area (Å²) in [5.74, 6) is 0.469. The van der Waals surface area contributed by atoms with Gasteiger partial charge in [-0.05, 0) is 48.1 Å². The molecule has 2 rings (SSSR count). The van der Waals surface area contributed by atoms with Crippen molar-refractivity contribution in [3.8, 4) is 0 Å². The summed E-state index contributed by atoms with van der Waals surface area (Å²) in [6, 6.07) is 8.72. The maximum atomic E-state index is 6.19. The van der Waals surface area contributed by atoms with Gasteiger partial charge in [0.1, 0.15) is 0 Å². The molecule has 0 aliphatic carbocycles. The summed E-state index contributed by atoms with van der Waals surface area (Å²) in [7, 11) is 0. The van der Waals surface area contributed by atoms with E-state index < -0.39 is 0 Å². The maximum Gasteiger partial charge on any atom is 0.0475 e. The second-order valence-electron chi connectivity index (χ2n) is 5.76. The molecule has 0 radical (unpaired) electrons. The van der Waals surface area contributed by atoms with Crippen LogP contribution in [0.5, 0.6) is 0 Å². The van der Waals surface area contributed by atoms with Crippen LogP contribution in [0.25, 0.3) is 0 Å². The molecule has 2 nitrogen and oxygen atoms in total. The van der Waals surface area contributed by atoms with Gasteiger partial charge in [-0.2, -0.15) is 0 Å². The summed E-state index contributed by atoms with van der Waals surface area (Å²) in [5, 5.41) is 0. The predicted octanol–water partition coefficient (Wildman–Crippen LogP) is 3.81. The van der Waals surface area contributed by atoms with E-state index in [-0.39, 0.29) is 6.04 Å². The normalized spacial score (nSPS) is 12.9. The van der Waals surface area contributed by atoms with E-state index >= 15 is 0 Å². The standard InChI is InChI=1S/C17H24N2/c1-12(2)17(18)15-8-9-19(10-15)11-16-13(3)6-5-7-14(16)4/h5-10,12,17H,11,18H2,1-4H3. The van der Waals surface area contributed by atoms with E-state index in [2.05, 4.69) is 68.9 Å². The first-order valence-corrected chi connectivity index (χ1v) is 6.95. The smallest absolute Gasteiger partial charge is 0.0475 e. The molecule has 1 heterocycles. The van der Waals surface area contributed by atoms with Crippen LogP contribution in [0.2, 0.25) is 0 Å². The highest BCUT2D eigenvalue weighted by Gasteiger charge is 2.12. The Morgan fingerprint density at radius 2 is 1.74 bits per heavy atom. The Morgan fingerprint density at radius 1 is 1.11 bits per heavy atom. The Hall–Kier alpha value is -1.54. The van der Waals surface area contributed by atoms with Crippen molar-refractivity contribution >= 4 is 0 Å². The van der Waals surface area contributed by atoms with Gasteiger partial charge in [-0.3, -0.25) is 0 Å². The molecule has 0 bridgehead atoms. The molecule has 1 aromatic carbocycles. The SMILES string of the molecule is Cc1cccc(C)c1Cn1ccc(C(N)C(C)C)c1. The third-order valence-corrected chi connectivity index (χ3v) is 3.86. The maximum absolute atomic E-state index is 6.19. The van der Waals surface area contributed by atoms with Crippen LogP contribution in [0.3, 0.4) is 0 Å². The minimum absolute atomic E-state index is 0.124. The second kappa shape index (κ2) is 5.62. The van der Waals surface area contributed by atoms with Crippen molar-refractivity contribution in [1.82, 2.24) is 4.57 Å². The second-order valence-corrected chi connectivity index (χ2v) is 5.76. The summed E-state index contributed by atoms with van der Waals surface area (Å²) in [5.41, 5.74) is 11.5. The number of aromatic nitrogens is 1. The molecule has 1 atom stereocenters. The molecule has 2 N–H and O–H groups in total. The lowest BCUT2D eigenvalue weighted by atomic mass is 10.00. The van der Waals surface area contributed by atoms with E-state index in [1.165, 1.54) is 22.3 Å². The highest BCUT2D eigenvalue weighted by molar-refractivity contribution is 5.34. The third kappa shape index (κ3) is 3.07. The zero-order valence-corrected chi connectivity index (χ0v) is 12.4. The van der Waals surface area contributed by atoms with E-state index in [0.717, 1.165) is 6.54 Å². The van der Waals surface area contributed by atoms with Crippen LogP contribution in [0.4, 0.5) is 0 Å². The summed E-state index contributed by atoms with van der Waals surface area (Å²) in [4.78, 5) is 0. The van der Waals surface area contributed by atoms with Gasteiger partial charge < -0.3 is 10.3 Å².